The fraction of sp³-hybridized carbons (Fsp3) is 0.346. The van der Waals surface area contributed by atoms with Crippen LogP contribution in [0.1, 0.15) is 48.9 Å². The van der Waals surface area contributed by atoms with Crippen molar-refractivity contribution in [1.82, 2.24) is 20.4 Å². The SMILES string of the molecule is CCc1ccc(C2NC(=O)N(CCCOC)C(C)=C2c2nc(-c3ccc(C)cc3)no2)cc1. The van der Waals surface area contributed by atoms with Gasteiger partial charge in [-0.3, -0.25) is 4.90 Å². The number of carbonyl (C=O) groups is 1. The molecule has 1 atom stereocenters. The second-order valence-electron chi connectivity index (χ2n) is 8.26. The number of allylic oxidation sites excluding steroid dienone is 1. The Kier molecular flexibility index (Phi) is 6.89. The molecule has 2 aromatic carbocycles. The number of aryl methyl sites for hydroxylation is 2. The highest BCUT2D eigenvalue weighted by molar-refractivity contribution is 5.86. The molecule has 0 fully saturated rings. The number of ether oxygens (including phenoxy) is 1. The fourth-order valence-corrected chi connectivity index (χ4v) is 4.04. The first-order valence-corrected chi connectivity index (χ1v) is 11.3. The van der Waals surface area contributed by atoms with Gasteiger partial charge < -0.3 is 14.6 Å². The van der Waals surface area contributed by atoms with Crippen LogP contribution in [-0.2, 0) is 11.2 Å². The first-order chi connectivity index (χ1) is 16.0. The number of aromatic nitrogens is 2. The van der Waals surface area contributed by atoms with E-state index in [1.54, 1.807) is 12.0 Å². The van der Waals surface area contributed by atoms with Gasteiger partial charge in [0.25, 0.3) is 5.89 Å². The summed E-state index contributed by atoms with van der Waals surface area (Å²) in [6.07, 6.45) is 1.68. The number of hydrogen-bond acceptors (Lipinski definition) is 5. The van der Waals surface area contributed by atoms with Gasteiger partial charge in [0.2, 0.25) is 5.82 Å². The zero-order valence-electron chi connectivity index (χ0n) is 19.6. The summed E-state index contributed by atoms with van der Waals surface area (Å²) in [5.74, 6) is 0.928. The third-order valence-corrected chi connectivity index (χ3v) is 6.01. The van der Waals surface area contributed by atoms with E-state index in [0.29, 0.717) is 24.9 Å². The number of carbonyl (C=O) groups excluding carboxylic acids is 1. The van der Waals surface area contributed by atoms with Crippen LogP contribution in [0.3, 0.4) is 0 Å². The highest BCUT2D eigenvalue weighted by Gasteiger charge is 2.35. The van der Waals surface area contributed by atoms with Gasteiger partial charge in [-0.05, 0) is 37.8 Å². The van der Waals surface area contributed by atoms with Crippen LogP contribution in [-0.4, -0.2) is 41.3 Å². The zero-order chi connectivity index (χ0) is 23.4. The first-order valence-electron chi connectivity index (χ1n) is 11.3. The maximum absolute atomic E-state index is 13.0. The summed E-state index contributed by atoms with van der Waals surface area (Å²) in [4.78, 5) is 19.4. The molecular weight excluding hydrogens is 416 g/mol. The maximum Gasteiger partial charge on any atom is 0.322 e. The molecule has 172 valence electrons. The van der Waals surface area contributed by atoms with Gasteiger partial charge in [-0.1, -0.05) is 66.2 Å². The molecule has 2 heterocycles. The average molecular weight is 447 g/mol. The molecule has 1 aromatic heterocycles. The predicted octanol–water partition coefficient (Wildman–Crippen LogP) is 5.14. The topological polar surface area (TPSA) is 80.5 Å². The number of benzene rings is 2. The van der Waals surface area contributed by atoms with Gasteiger partial charge in [0.15, 0.2) is 0 Å². The lowest BCUT2D eigenvalue weighted by atomic mass is 9.93. The molecular formula is C26H30N4O3. The predicted molar refractivity (Wildman–Crippen MR) is 127 cm³/mol. The summed E-state index contributed by atoms with van der Waals surface area (Å²) in [5, 5.41) is 7.37. The summed E-state index contributed by atoms with van der Waals surface area (Å²) in [7, 11) is 1.66. The molecule has 3 aromatic rings. The largest absolute Gasteiger partial charge is 0.385 e. The van der Waals surface area contributed by atoms with E-state index in [1.165, 1.54) is 11.1 Å². The molecule has 0 bridgehead atoms. The number of amides is 2. The smallest absolute Gasteiger partial charge is 0.322 e. The average Bonchev–Trinajstić information content (AvgIpc) is 3.31. The molecule has 4 rings (SSSR count). The molecule has 0 saturated heterocycles. The Bertz CT molecular complexity index is 1130. The van der Waals surface area contributed by atoms with E-state index < -0.39 is 0 Å². The quantitative estimate of drug-likeness (QED) is 0.485. The molecule has 2 amide bonds. The van der Waals surface area contributed by atoms with E-state index in [4.69, 9.17) is 14.2 Å². The van der Waals surface area contributed by atoms with Crippen LogP contribution in [0.5, 0.6) is 0 Å². The van der Waals surface area contributed by atoms with Crippen LogP contribution in [0, 0.1) is 6.92 Å². The molecule has 33 heavy (non-hydrogen) atoms. The lowest BCUT2D eigenvalue weighted by molar-refractivity contribution is 0.174. The Morgan fingerprint density at radius 2 is 1.82 bits per heavy atom. The highest BCUT2D eigenvalue weighted by atomic mass is 16.5. The molecule has 1 aliphatic rings. The molecule has 7 heteroatoms. The van der Waals surface area contributed by atoms with Crippen molar-refractivity contribution < 1.29 is 14.1 Å². The van der Waals surface area contributed by atoms with Crippen molar-refractivity contribution in [2.75, 3.05) is 20.3 Å². The number of rotatable bonds is 8. The Balaban J connectivity index is 1.75. The van der Waals surface area contributed by atoms with Gasteiger partial charge in [-0.25, -0.2) is 4.79 Å². The minimum absolute atomic E-state index is 0.143. The van der Waals surface area contributed by atoms with Crippen LogP contribution in [0.4, 0.5) is 4.79 Å². The molecule has 1 aliphatic heterocycles. The van der Waals surface area contributed by atoms with Crippen molar-refractivity contribution in [2.24, 2.45) is 0 Å². The molecule has 0 spiro atoms. The van der Waals surface area contributed by atoms with E-state index >= 15 is 0 Å². The Morgan fingerprint density at radius 1 is 1.09 bits per heavy atom. The van der Waals surface area contributed by atoms with Crippen LogP contribution >= 0.6 is 0 Å². The minimum atomic E-state index is -0.381. The lowest BCUT2D eigenvalue weighted by Gasteiger charge is -2.35. The monoisotopic (exact) mass is 446 g/mol. The standard InChI is InChI=1S/C26H30N4O3/c1-5-19-9-13-20(14-10-19)23-22(18(3)30(26(31)27-23)15-6-16-32-4)25-28-24(29-33-25)21-11-7-17(2)8-12-21/h7-14,23H,5-6,15-16H2,1-4H3,(H,27,31). The third-order valence-electron chi connectivity index (χ3n) is 6.01. The van der Waals surface area contributed by atoms with Gasteiger partial charge in [0.1, 0.15) is 0 Å². The number of methoxy groups -OCH3 is 1. The van der Waals surface area contributed by atoms with Crippen LogP contribution in [0.2, 0.25) is 0 Å². The second-order valence-corrected chi connectivity index (χ2v) is 8.26. The lowest BCUT2D eigenvalue weighted by Crippen LogP contribution is -2.46. The van der Waals surface area contributed by atoms with E-state index in [-0.39, 0.29) is 12.1 Å². The summed E-state index contributed by atoms with van der Waals surface area (Å²) in [6.45, 7) is 7.21. The summed E-state index contributed by atoms with van der Waals surface area (Å²) >= 11 is 0. The van der Waals surface area contributed by atoms with Crippen LogP contribution in [0.15, 0.2) is 58.8 Å². The molecule has 1 unspecified atom stereocenters. The number of urea groups is 1. The molecule has 7 nitrogen and oxygen atoms in total. The Labute approximate surface area is 194 Å². The number of hydrogen-bond donors (Lipinski definition) is 1. The van der Waals surface area contributed by atoms with Crippen molar-refractivity contribution in [3.05, 3.63) is 76.8 Å². The fourth-order valence-electron chi connectivity index (χ4n) is 4.04. The summed E-state index contributed by atoms with van der Waals surface area (Å²) in [6, 6.07) is 15.7. The normalized spacial score (nSPS) is 16.3. The van der Waals surface area contributed by atoms with Crippen LogP contribution < -0.4 is 5.32 Å². The van der Waals surface area contributed by atoms with Crippen molar-refractivity contribution in [2.45, 2.75) is 39.7 Å². The summed E-state index contributed by atoms with van der Waals surface area (Å²) in [5.41, 5.74) is 5.87. The molecule has 0 radical (unpaired) electrons. The van der Waals surface area contributed by atoms with Crippen molar-refractivity contribution in [3.8, 4) is 11.4 Å². The Morgan fingerprint density at radius 3 is 2.48 bits per heavy atom. The molecule has 0 aliphatic carbocycles. The van der Waals surface area contributed by atoms with E-state index in [2.05, 4.69) is 41.7 Å². The number of nitrogens with one attached hydrogen (secondary N) is 1. The van der Waals surface area contributed by atoms with Gasteiger partial charge in [-0.2, -0.15) is 4.98 Å². The van der Waals surface area contributed by atoms with Gasteiger partial charge in [0.05, 0.1) is 11.6 Å². The van der Waals surface area contributed by atoms with Crippen molar-refractivity contribution >= 4 is 11.6 Å². The minimum Gasteiger partial charge on any atom is -0.385 e. The maximum atomic E-state index is 13.0. The summed E-state index contributed by atoms with van der Waals surface area (Å²) < 4.78 is 10.9. The van der Waals surface area contributed by atoms with E-state index in [0.717, 1.165) is 35.2 Å². The van der Waals surface area contributed by atoms with Gasteiger partial charge in [0, 0.05) is 31.5 Å². The first kappa shape index (κ1) is 22.7. The van der Waals surface area contributed by atoms with E-state index in [1.807, 2.05) is 38.1 Å². The zero-order valence-corrected chi connectivity index (χ0v) is 19.6. The molecule has 0 saturated carbocycles. The second kappa shape index (κ2) is 10.0. The third kappa shape index (κ3) is 4.83. The van der Waals surface area contributed by atoms with E-state index in [9.17, 15) is 4.79 Å². The van der Waals surface area contributed by atoms with Crippen molar-refractivity contribution in [1.29, 1.82) is 0 Å². The van der Waals surface area contributed by atoms with Crippen molar-refractivity contribution in [3.63, 3.8) is 0 Å². The van der Waals surface area contributed by atoms with Gasteiger partial charge in [-0.15, -0.1) is 0 Å². The number of nitrogens with zero attached hydrogens (tertiary/aromatic N) is 3. The molecule has 1 N–H and O–H groups in total. The highest BCUT2D eigenvalue weighted by Crippen LogP contribution is 2.37. The van der Waals surface area contributed by atoms with Gasteiger partial charge >= 0.3 is 6.03 Å². The Hall–Kier alpha value is -3.45. The van der Waals surface area contributed by atoms with Crippen LogP contribution in [0.25, 0.3) is 17.0 Å².